The molecule has 27 heavy (non-hydrogen) atoms. The molecule has 0 N–H and O–H groups in total. The summed E-state index contributed by atoms with van der Waals surface area (Å²) in [6, 6.07) is 13.0. The highest BCUT2D eigenvalue weighted by Crippen LogP contribution is 2.32. The number of rotatable bonds is 4. The maximum absolute atomic E-state index is 12.9. The molecular formula is C20H16BrN3O3. The summed E-state index contributed by atoms with van der Waals surface area (Å²) in [7, 11) is 3.20. The summed E-state index contributed by atoms with van der Waals surface area (Å²) in [6.07, 6.45) is 5.34. The van der Waals surface area contributed by atoms with E-state index in [1.54, 1.807) is 35.6 Å². The predicted octanol–water partition coefficient (Wildman–Crippen LogP) is 3.93. The molecule has 0 radical (unpaired) electrons. The first-order valence-corrected chi connectivity index (χ1v) is 8.98. The van der Waals surface area contributed by atoms with Crippen molar-refractivity contribution in [3.63, 3.8) is 0 Å². The van der Waals surface area contributed by atoms with Crippen LogP contribution in [-0.4, -0.2) is 28.2 Å². The molecule has 6 nitrogen and oxygen atoms in total. The van der Waals surface area contributed by atoms with Gasteiger partial charge in [-0.15, -0.1) is 0 Å². The second-order valence-corrected chi connectivity index (χ2v) is 6.79. The van der Waals surface area contributed by atoms with Crippen LogP contribution in [-0.2, 0) is 0 Å². The Morgan fingerprint density at radius 3 is 2.48 bits per heavy atom. The van der Waals surface area contributed by atoms with Crippen LogP contribution in [0.15, 0.2) is 70.3 Å². The summed E-state index contributed by atoms with van der Waals surface area (Å²) in [5, 5.41) is 0. The molecule has 2 heterocycles. The average Bonchev–Trinajstić information content (AvgIpc) is 3.14. The van der Waals surface area contributed by atoms with Gasteiger partial charge in [0.1, 0.15) is 11.5 Å². The molecule has 4 aromatic rings. The fourth-order valence-electron chi connectivity index (χ4n) is 2.93. The zero-order chi connectivity index (χ0) is 19.0. The molecule has 0 unspecified atom stereocenters. The van der Waals surface area contributed by atoms with E-state index < -0.39 is 0 Å². The molecule has 0 aliphatic carbocycles. The Bertz CT molecular complexity index is 1180. The maximum Gasteiger partial charge on any atom is 0.298 e. The van der Waals surface area contributed by atoms with Crippen molar-refractivity contribution in [1.82, 2.24) is 14.0 Å². The summed E-state index contributed by atoms with van der Waals surface area (Å²) in [4.78, 5) is 17.5. The Morgan fingerprint density at radius 1 is 1.00 bits per heavy atom. The molecule has 0 atom stereocenters. The van der Waals surface area contributed by atoms with E-state index in [4.69, 9.17) is 9.47 Å². The van der Waals surface area contributed by atoms with Crippen LogP contribution in [0.2, 0.25) is 0 Å². The molecule has 4 rings (SSSR count). The number of nitrogens with zero attached hydrogens (tertiary/aromatic N) is 3. The van der Waals surface area contributed by atoms with Crippen molar-refractivity contribution < 1.29 is 9.47 Å². The Kier molecular flexibility index (Phi) is 4.45. The monoisotopic (exact) mass is 425 g/mol. The number of benzene rings is 2. The first-order chi connectivity index (χ1) is 13.1. The van der Waals surface area contributed by atoms with E-state index in [2.05, 4.69) is 20.9 Å². The van der Waals surface area contributed by atoms with E-state index in [1.807, 2.05) is 48.7 Å². The molecule has 0 fully saturated rings. The highest BCUT2D eigenvalue weighted by atomic mass is 79.9. The van der Waals surface area contributed by atoms with Crippen LogP contribution < -0.4 is 15.0 Å². The van der Waals surface area contributed by atoms with E-state index in [0.717, 1.165) is 15.7 Å². The average molecular weight is 426 g/mol. The molecule has 0 amide bonds. The second-order valence-electron chi connectivity index (χ2n) is 5.87. The van der Waals surface area contributed by atoms with Crippen molar-refractivity contribution >= 4 is 21.6 Å². The predicted molar refractivity (Wildman–Crippen MR) is 107 cm³/mol. The molecule has 0 saturated carbocycles. The fourth-order valence-corrected chi connectivity index (χ4v) is 3.19. The van der Waals surface area contributed by atoms with E-state index in [1.165, 1.54) is 0 Å². The zero-order valence-electron chi connectivity index (χ0n) is 14.7. The van der Waals surface area contributed by atoms with E-state index in [-0.39, 0.29) is 5.56 Å². The summed E-state index contributed by atoms with van der Waals surface area (Å²) in [5.41, 5.74) is 2.30. The minimum Gasteiger partial charge on any atom is -0.497 e. The van der Waals surface area contributed by atoms with Crippen LogP contribution >= 0.6 is 15.9 Å². The summed E-state index contributed by atoms with van der Waals surface area (Å²) < 4.78 is 15.0. The summed E-state index contributed by atoms with van der Waals surface area (Å²) in [5.74, 6) is 1.35. The first-order valence-electron chi connectivity index (χ1n) is 8.19. The minimum atomic E-state index is -0.201. The van der Waals surface area contributed by atoms with Crippen LogP contribution in [0.3, 0.4) is 0 Å². The lowest BCUT2D eigenvalue weighted by molar-refractivity contribution is 0.404. The second kappa shape index (κ2) is 6.92. The number of hydrogen-bond donors (Lipinski definition) is 0. The Hall–Kier alpha value is -3.06. The van der Waals surface area contributed by atoms with Gasteiger partial charge in [0.05, 0.1) is 19.9 Å². The van der Waals surface area contributed by atoms with Crippen molar-refractivity contribution in [2.45, 2.75) is 0 Å². The number of fused-ring (bicyclic) bond motifs is 1. The van der Waals surface area contributed by atoms with E-state index >= 15 is 0 Å². The van der Waals surface area contributed by atoms with Crippen LogP contribution in [0.5, 0.6) is 11.5 Å². The van der Waals surface area contributed by atoms with Gasteiger partial charge in [0, 0.05) is 34.3 Å². The molecule has 7 heteroatoms. The number of hydrogen-bond acceptors (Lipinski definition) is 4. The van der Waals surface area contributed by atoms with Crippen molar-refractivity contribution in [1.29, 1.82) is 0 Å². The normalized spacial score (nSPS) is 10.9. The molecular weight excluding hydrogens is 410 g/mol. The number of aromatic nitrogens is 3. The van der Waals surface area contributed by atoms with Crippen LogP contribution in [0, 0.1) is 0 Å². The standard InChI is InChI=1S/C20H16BrN3O3/c1-26-15-7-8-18(27-2)16(11-15)17-12-23-9-10-24(20(25)19(23)22-17)14-5-3-13(21)4-6-14/h3-12H,1-2H3. The van der Waals surface area contributed by atoms with Crippen LogP contribution in [0.4, 0.5) is 0 Å². The van der Waals surface area contributed by atoms with Crippen molar-refractivity contribution in [2.75, 3.05) is 14.2 Å². The third kappa shape index (κ3) is 3.10. The summed E-state index contributed by atoms with van der Waals surface area (Å²) in [6.45, 7) is 0. The third-order valence-electron chi connectivity index (χ3n) is 4.31. The van der Waals surface area contributed by atoms with Crippen LogP contribution in [0.25, 0.3) is 22.6 Å². The van der Waals surface area contributed by atoms with Gasteiger partial charge >= 0.3 is 0 Å². The van der Waals surface area contributed by atoms with Gasteiger partial charge in [-0.2, -0.15) is 0 Å². The van der Waals surface area contributed by atoms with Crippen molar-refractivity contribution in [3.05, 3.63) is 75.9 Å². The molecule has 0 spiro atoms. The number of methoxy groups -OCH3 is 2. The molecule has 136 valence electrons. The number of halogens is 1. The lowest BCUT2D eigenvalue weighted by Crippen LogP contribution is -2.19. The minimum absolute atomic E-state index is 0.201. The zero-order valence-corrected chi connectivity index (χ0v) is 16.3. The SMILES string of the molecule is COc1ccc(OC)c(-c2cn3ccn(-c4ccc(Br)cc4)c(=O)c3n2)c1. The van der Waals surface area contributed by atoms with Gasteiger partial charge in [-0.05, 0) is 42.5 Å². The highest BCUT2D eigenvalue weighted by molar-refractivity contribution is 9.10. The van der Waals surface area contributed by atoms with Gasteiger partial charge in [0.2, 0.25) is 5.65 Å². The lowest BCUT2D eigenvalue weighted by Gasteiger charge is -2.08. The quantitative estimate of drug-likeness (QED) is 0.496. The smallest absolute Gasteiger partial charge is 0.298 e. The molecule has 2 aromatic heterocycles. The van der Waals surface area contributed by atoms with Crippen molar-refractivity contribution in [2.24, 2.45) is 0 Å². The molecule has 0 aliphatic rings. The lowest BCUT2D eigenvalue weighted by atomic mass is 10.1. The molecule has 0 saturated heterocycles. The number of imidazole rings is 1. The third-order valence-corrected chi connectivity index (χ3v) is 4.83. The van der Waals surface area contributed by atoms with Gasteiger partial charge < -0.3 is 13.9 Å². The van der Waals surface area contributed by atoms with Crippen molar-refractivity contribution in [3.8, 4) is 28.4 Å². The largest absolute Gasteiger partial charge is 0.497 e. The van der Waals surface area contributed by atoms with Gasteiger partial charge in [-0.25, -0.2) is 4.98 Å². The Morgan fingerprint density at radius 2 is 1.78 bits per heavy atom. The topological polar surface area (TPSA) is 57.8 Å². The first kappa shape index (κ1) is 17.4. The summed E-state index contributed by atoms with van der Waals surface area (Å²) >= 11 is 3.40. The Labute approximate surface area is 163 Å². The number of ether oxygens (including phenoxy) is 2. The van der Waals surface area contributed by atoms with E-state index in [0.29, 0.717) is 22.8 Å². The molecule has 0 bridgehead atoms. The molecule has 0 aliphatic heterocycles. The van der Waals surface area contributed by atoms with Gasteiger partial charge in [0.25, 0.3) is 5.56 Å². The van der Waals surface area contributed by atoms with E-state index in [9.17, 15) is 4.79 Å². The molecule has 2 aromatic carbocycles. The van der Waals surface area contributed by atoms with Gasteiger partial charge in [-0.1, -0.05) is 15.9 Å². The maximum atomic E-state index is 12.9. The fraction of sp³-hybridized carbons (Fsp3) is 0.100. The van der Waals surface area contributed by atoms with Gasteiger partial charge in [0.15, 0.2) is 0 Å². The highest BCUT2D eigenvalue weighted by Gasteiger charge is 2.14. The Balaban J connectivity index is 1.88. The van der Waals surface area contributed by atoms with Crippen LogP contribution in [0.1, 0.15) is 0 Å². The van der Waals surface area contributed by atoms with Gasteiger partial charge in [-0.3, -0.25) is 9.36 Å².